The molecule has 4 aromatic rings. The summed E-state index contributed by atoms with van der Waals surface area (Å²) in [6, 6.07) is 16.3. The Morgan fingerprint density at radius 2 is 1.81 bits per heavy atom. The molecular formula is C25H24BrN3O3. The van der Waals surface area contributed by atoms with Gasteiger partial charge in [0.15, 0.2) is 0 Å². The van der Waals surface area contributed by atoms with Crippen molar-refractivity contribution in [2.75, 3.05) is 6.61 Å². The Bertz CT molecular complexity index is 1460. The minimum Gasteiger partial charge on any atom is -0.365 e. The molecule has 1 aliphatic rings. The number of hydrogen-bond donors (Lipinski definition) is 0. The van der Waals surface area contributed by atoms with Crippen molar-refractivity contribution in [2.24, 2.45) is 14.1 Å². The standard InChI is InChI=1S/C25H24BrN3O3/c1-4-15-8-10-16(11-9-15)23-22-21-19(24(30)28(3)25(31)27(21)2)20(29(22)12-13-32-23)17-6-5-7-18(26)14-17/h5-11,14,23H,4,12-13H2,1-3H3/t23-/m1/s1. The highest BCUT2D eigenvalue weighted by Gasteiger charge is 2.33. The zero-order valence-corrected chi connectivity index (χ0v) is 19.8. The summed E-state index contributed by atoms with van der Waals surface area (Å²) in [7, 11) is 3.25. The molecule has 2 aromatic heterocycles. The highest BCUT2D eigenvalue weighted by atomic mass is 79.9. The third-order valence-corrected chi connectivity index (χ3v) is 6.83. The second kappa shape index (κ2) is 7.90. The first-order valence-corrected chi connectivity index (χ1v) is 11.5. The summed E-state index contributed by atoms with van der Waals surface area (Å²) in [6.45, 7) is 3.25. The number of ether oxygens (including phenoxy) is 1. The van der Waals surface area contributed by atoms with Gasteiger partial charge in [0.1, 0.15) is 6.10 Å². The highest BCUT2D eigenvalue weighted by Crippen LogP contribution is 2.41. The molecule has 0 amide bonds. The second-order valence-electron chi connectivity index (χ2n) is 8.17. The maximum Gasteiger partial charge on any atom is 0.331 e. The quantitative estimate of drug-likeness (QED) is 0.430. The van der Waals surface area contributed by atoms with Gasteiger partial charge in [0, 0.05) is 30.7 Å². The number of aryl methyl sites for hydroxylation is 2. The molecule has 0 fully saturated rings. The van der Waals surface area contributed by atoms with E-state index in [1.165, 1.54) is 17.2 Å². The van der Waals surface area contributed by atoms with Gasteiger partial charge < -0.3 is 9.30 Å². The lowest BCUT2D eigenvalue weighted by atomic mass is 10.0. The lowest BCUT2D eigenvalue weighted by Crippen LogP contribution is -2.37. The summed E-state index contributed by atoms with van der Waals surface area (Å²) < 4.78 is 12.1. The van der Waals surface area contributed by atoms with Crippen LogP contribution in [0.2, 0.25) is 0 Å². The van der Waals surface area contributed by atoms with Gasteiger partial charge in [0.25, 0.3) is 5.56 Å². The van der Waals surface area contributed by atoms with Crippen molar-refractivity contribution >= 4 is 26.8 Å². The number of rotatable bonds is 3. The van der Waals surface area contributed by atoms with Crippen molar-refractivity contribution < 1.29 is 4.74 Å². The predicted molar refractivity (Wildman–Crippen MR) is 129 cm³/mol. The highest BCUT2D eigenvalue weighted by molar-refractivity contribution is 9.10. The van der Waals surface area contributed by atoms with Crippen LogP contribution in [0.5, 0.6) is 0 Å². The van der Waals surface area contributed by atoms with Gasteiger partial charge in [-0.3, -0.25) is 13.9 Å². The van der Waals surface area contributed by atoms with Crippen LogP contribution in [0.15, 0.2) is 62.6 Å². The first-order valence-electron chi connectivity index (χ1n) is 10.7. The number of aromatic nitrogens is 3. The third-order valence-electron chi connectivity index (χ3n) is 6.34. The van der Waals surface area contributed by atoms with Crippen molar-refractivity contribution in [2.45, 2.75) is 26.0 Å². The zero-order chi connectivity index (χ0) is 22.6. The monoisotopic (exact) mass is 493 g/mol. The topological polar surface area (TPSA) is 58.2 Å². The van der Waals surface area contributed by atoms with Gasteiger partial charge in [0.2, 0.25) is 0 Å². The van der Waals surface area contributed by atoms with E-state index in [1.807, 2.05) is 24.3 Å². The molecule has 5 rings (SSSR count). The van der Waals surface area contributed by atoms with Gasteiger partial charge in [0.05, 0.1) is 28.9 Å². The van der Waals surface area contributed by atoms with E-state index < -0.39 is 0 Å². The van der Waals surface area contributed by atoms with Crippen molar-refractivity contribution in [3.63, 3.8) is 0 Å². The van der Waals surface area contributed by atoms with Gasteiger partial charge in [-0.15, -0.1) is 0 Å². The molecule has 1 aliphatic heterocycles. The number of benzene rings is 2. The molecule has 0 spiro atoms. The van der Waals surface area contributed by atoms with Gasteiger partial charge in [-0.25, -0.2) is 4.79 Å². The zero-order valence-electron chi connectivity index (χ0n) is 18.3. The molecule has 164 valence electrons. The van der Waals surface area contributed by atoms with Crippen LogP contribution in [0, 0.1) is 0 Å². The van der Waals surface area contributed by atoms with Crippen molar-refractivity contribution in [3.8, 4) is 11.3 Å². The lowest BCUT2D eigenvalue weighted by Gasteiger charge is -2.28. The van der Waals surface area contributed by atoms with E-state index in [1.54, 1.807) is 11.6 Å². The van der Waals surface area contributed by atoms with Gasteiger partial charge in [-0.1, -0.05) is 59.3 Å². The summed E-state index contributed by atoms with van der Waals surface area (Å²) >= 11 is 3.56. The van der Waals surface area contributed by atoms with Crippen molar-refractivity contribution in [3.05, 3.63) is 90.7 Å². The molecule has 0 saturated heterocycles. The molecule has 0 unspecified atom stereocenters. The Balaban J connectivity index is 1.90. The SMILES string of the molecule is CCc1ccc([C@H]2OCCn3c(-c4cccc(Br)c4)c4c(=O)n(C)c(=O)n(C)c4c32)cc1. The molecular weight excluding hydrogens is 470 g/mol. The Labute approximate surface area is 193 Å². The molecule has 3 heterocycles. The van der Waals surface area contributed by atoms with Crippen LogP contribution < -0.4 is 11.2 Å². The molecule has 0 N–H and O–H groups in total. The van der Waals surface area contributed by atoms with E-state index in [2.05, 4.69) is 51.7 Å². The fourth-order valence-electron chi connectivity index (χ4n) is 4.70. The smallest absolute Gasteiger partial charge is 0.331 e. The molecule has 32 heavy (non-hydrogen) atoms. The van der Waals surface area contributed by atoms with Crippen LogP contribution in [0.4, 0.5) is 0 Å². The van der Waals surface area contributed by atoms with E-state index >= 15 is 0 Å². The fraction of sp³-hybridized carbons (Fsp3) is 0.280. The lowest BCUT2D eigenvalue weighted by molar-refractivity contribution is 0.0478. The molecule has 2 aromatic carbocycles. The van der Waals surface area contributed by atoms with Crippen molar-refractivity contribution in [1.82, 2.24) is 13.7 Å². The number of hydrogen-bond acceptors (Lipinski definition) is 3. The van der Waals surface area contributed by atoms with Gasteiger partial charge in [-0.05, 0) is 29.7 Å². The largest absolute Gasteiger partial charge is 0.365 e. The second-order valence-corrected chi connectivity index (χ2v) is 9.09. The van der Waals surface area contributed by atoms with Crippen LogP contribution in [-0.4, -0.2) is 20.3 Å². The molecule has 6 nitrogen and oxygen atoms in total. The summed E-state index contributed by atoms with van der Waals surface area (Å²) in [4.78, 5) is 26.3. The van der Waals surface area contributed by atoms with E-state index in [-0.39, 0.29) is 17.4 Å². The molecule has 0 aliphatic carbocycles. The minimum absolute atomic E-state index is 0.292. The predicted octanol–water partition coefficient (Wildman–Crippen LogP) is 4.15. The minimum atomic E-state index is -0.365. The number of fused-ring (bicyclic) bond motifs is 3. The Morgan fingerprint density at radius 1 is 1.06 bits per heavy atom. The normalized spacial score (nSPS) is 15.8. The average molecular weight is 494 g/mol. The van der Waals surface area contributed by atoms with Crippen LogP contribution in [0.1, 0.15) is 29.8 Å². The first-order chi connectivity index (χ1) is 15.4. The number of nitrogens with zero attached hydrogens (tertiary/aromatic N) is 3. The van der Waals surface area contributed by atoms with E-state index in [0.29, 0.717) is 24.1 Å². The van der Waals surface area contributed by atoms with Crippen molar-refractivity contribution in [1.29, 1.82) is 0 Å². The van der Waals surface area contributed by atoms with Gasteiger partial charge >= 0.3 is 5.69 Å². The summed E-state index contributed by atoms with van der Waals surface area (Å²) in [5, 5.41) is 0.545. The molecule has 1 atom stereocenters. The Kier molecular flexibility index (Phi) is 5.18. The first kappa shape index (κ1) is 21.0. The summed E-state index contributed by atoms with van der Waals surface area (Å²) in [5.74, 6) is 0. The Hall–Kier alpha value is -2.90. The maximum atomic E-state index is 13.4. The van der Waals surface area contributed by atoms with Crippen LogP contribution >= 0.6 is 15.9 Å². The fourth-order valence-corrected chi connectivity index (χ4v) is 5.10. The van der Waals surface area contributed by atoms with E-state index in [9.17, 15) is 9.59 Å². The Morgan fingerprint density at radius 3 is 2.50 bits per heavy atom. The van der Waals surface area contributed by atoms with Gasteiger partial charge in [-0.2, -0.15) is 0 Å². The summed E-state index contributed by atoms with van der Waals surface area (Å²) in [6.07, 6.45) is 0.596. The maximum absolute atomic E-state index is 13.4. The molecule has 0 saturated carbocycles. The van der Waals surface area contributed by atoms with Crippen LogP contribution in [0.3, 0.4) is 0 Å². The number of halogens is 1. The van der Waals surface area contributed by atoms with Crippen LogP contribution in [-0.2, 0) is 31.8 Å². The summed E-state index contributed by atoms with van der Waals surface area (Å²) in [5.41, 5.74) is 4.86. The van der Waals surface area contributed by atoms with E-state index in [4.69, 9.17) is 4.74 Å². The average Bonchev–Trinajstić information content (AvgIpc) is 3.17. The van der Waals surface area contributed by atoms with E-state index in [0.717, 1.165) is 33.4 Å². The third kappa shape index (κ3) is 3.11. The molecule has 0 radical (unpaired) electrons. The van der Waals surface area contributed by atoms with Crippen LogP contribution in [0.25, 0.3) is 22.2 Å². The molecule has 0 bridgehead atoms. The molecule has 7 heteroatoms.